The zero-order valence-corrected chi connectivity index (χ0v) is 12.1. The number of rotatable bonds is 6. The lowest BCUT2D eigenvalue weighted by atomic mass is 9.96. The normalized spacial score (nSPS) is 12.7. The lowest BCUT2D eigenvalue weighted by Gasteiger charge is -2.30. The van der Waals surface area contributed by atoms with Gasteiger partial charge in [-0.2, -0.15) is 0 Å². The monoisotopic (exact) mass is 308 g/mol. The lowest BCUT2D eigenvalue weighted by molar-refractivity contribution is 0.172. The van der Waals surface area contributed by atoms with Gasteiger partial charge in [-0.3, -0.25) is 0 Å². The minimum absolute atomic E-state index is 0.317. The fourth-order valence-electron chi connectivity index (χ4n) is 1.75. The standard InChI is InChI=1S/C12H18F2N2O3S/c1-3-12(4-2,7-17)16-20(18,19)9-6-5-8(13)11(15)10(9)14/h5-6,16-17H,3-4,7,15H2,1-2H3. The van der Waals surface area contributed by atoms with E-state index in [0.29, 0.717) is 12.8 Å². The molecule has 1 rings (SSSR count). The Morgan fingerprint density at radius 3 is 2.30 bits per heavy atom. The second-order valence-electron chi connectivity index (χ2n) is 4.52. The molecule has 0 heterocycles. The quantitative estimate of drug-likeness (QED) is 0.692. The van der Waals surface area contributed by atoms with Gasteiger partial charge in [0, 0.05) is 0 Å². The van der Waals surface area contributed by atoms with Crippen molar-refractivity contribution in [3.63, 3.8) is 0 Å². The van der Waals surface area contributed by atoms with E-state index in [-0.39, 0.29) is 0 Å². The Morgan fingerprint density at radius 1 is 1.30 bits per heavy atom. The van der Waals surface area contributed by atoms with Gasteiger partial charge in [-0.25, -0.2) is 21.9 Å². The fraction of sp³-hybridized carbons (Fsp3) is 0.500. The van der Waals surface area contributed by atoms with Crippen molar-refractivity contribution in [1.29, 1.82) is 0 Å². The molecule has 0 radical (unpaired) electrons. The predicted octanol–water partition coefficient (Wildman–Crippen LogP) is 1.38. The molecule has 4 N–H and O–H groups in total. The third-order valence-electron chi connectivity index (χ3n) is 3.39. The van der Waals surface area contributed by atoms with E-state index in [4.69, 9.17) is 5.73 Å². The van der Waals surface area contributed by atoms with E-state index in [2.05, 4.69) is 4.72 Å². The summed E-state index contributed by atoms with van der Waals surface area (Å²) < 4.78 is 53.5. The van der Waals surface area contributed by atoms with Gasteiger partial charge in [0.05, 0.1) is 12.1 Å². The molecule has 0 fully saturated rings. The average molecular weight is 308 g/mol. The Kier molecular flexibility index (Phi) is 5.06. The van der Waals surface area contributed by atoms with Crippen molar-refractivity contribution >= 4 is 15.7 Å². The van der Waals surface area contributed by atoms with E-state index >= 15 is 0 Å². The molecule has 114 valence electrons. The first-order valence-electron chi connectivity index (χ1n) is 6.11. The minimum atomic E-state index is -4.26. The van der Waals surface area contributed by atoms with Crippen LogP contribution in [-0.4, -0.2) is 25.7 Å². The van der Waals surface area contributed by atoms with Crippen LogP contribution in [0.4, 0.5) is 14.5 Å². The van der Waals surface area contributed by atoms with E-state index in [1.165, 1.54) is 0 Å². The smallest absolute Gasteiger partial charge is 0.244 e. The number of benzene rings is 1. The number of anilines is 1. The number of nitrogens with two attached hydrogens (primary N) is 1. The molecule has 0 aliphatic rings. The molecule has 0 saturated carbocycles. The summed E-state index contributed by atoms with van der Waals surface area (Å²) in [6.45, 7) is 2.95. The zero-order valence-electron chi connectivity index (χ0n) is 11.3. The number of hydrogen-bond donors (Lipinski definition) is 3. The molecule has 20 heavy (non-hydrogen) atoms. The Bertz CT molecular complexity index is 578. The number of halogens is 2. The van der Waals surface area contributed by atoms with E-state index < -0.39 is 44.4 Å². The highest BCUT2D eigenvalue weighted by molar-refractivity contribution is 7.89. The minimum Gasteiger partial charge on any atom is -0.394 e. The van der Waals surface area contributed by atoms with Gasteiger partial charge in [-0.05, 0) is 25.0 Å². The first-order valence-corrected chi connectivity index (χ1v) is 7.59. The maximum Gasteiger partial charge on any atom is 0.244 e. The molecule has 1 aromatic rings. The highest BCUT2D eigenvalue weighted by Gasteiger charge is 2.33. The molecule has 5 nitrogen and oxygen atoms in total. The Hall–Kier alpha value is -1.25. The number of aliphatic hydroxyl groups excluding tert-OH is 1. The van der Waals surface area contributed by atoms with Crippen LogP contribution in [0.25, 0.3) is 0 Å². The van der Waals surface area contributed by atoms with E-state index in [9.17, 15) is 22.3 Å². The fourth-order valence-corrected chi connectivity index (χ4v) is 3.37. The largest absolute Gasteiger partial charge is 0.394 e. The van der Waals surface area contributed by atoms with Gasteiger partial charge in [-0.15, -0.1) is 0 Å². The number of nitrogen functional groups attached to an aromatic ring is 1. The summed E-state index contributed by atoms with van der Waals surface area (Å²) in [5.41, 5.74) is 3.21. The molecule has 8 heteroatoms. The topological polar surface area (TPSA) is 92.4 Å². The molecule has 0 aromatic heterocycles. The Morgan fingerprint density at radius 2 is 1.85 bits per heavy atom. The third kappa shape index (κ3) is 3.08. The zero-order chi connectivity index (χ0) is 15.6. The van der Waals surface area contributed by atoms with Gasteiger partial charge < -0.3 is 10.8 Å². The lowest BCUT2D eigenvalue weighted by Crippen LogP contribution is -2.50. The van der Waals surface area contributed by atoms with Crippen LogP contribution in [-0.2, 0) is 10.0 Å². The molecular weight excluding hydrogens is 290 g/mol. The summed E-state index contributed by atoms with van der Waals surface area (Å²) in [6.07, 6.45) is 0.634. The average Bonchev–Trinajstić information content (AvgIpc) is 2.42. The first-order chi connectivity index (χ1) is 9.23. The van der Waals surface area contributed by atoms with Crippen LogP contribution in [0.5, 0.6) is 0 Å². The number of sulfonamides is 1. The van der Waals surface area contributed by atoms with E-state index in [0.717, 1.165) is 12.1 Å². The van der Waals surface area contributed by atoms with Crippen LogP contribution in [0.3, 0.4) is 0 Å². The maximum absolute atomic E-state index is 13.8. The Labute approximate surface area is 116 Å². The number of hydrogen-bond acceptors (Lipinski definition) is 4. The van der Waals surface area contributed by atoms with Crippen LogP contribution >= 0.6 is 0 Å². The van der Waals surface area contributed by atoms with Crippen molar-refractivity contribution in [2.45, 2.75) is 37.1 Å². The molecule has 0 unspecified atom stereocenters. The van der Waals surface area contributed by atoms with Crippen LogP contribution in [0.2, 0.25) is 0 Å². The molecule has 0 aliphatic heterocycles. The molecule has 0 amide bonds. The van der Waals surface area contributed by atoms with Crippen molar-refractivity contribution in [1.82, 2.24) is 4.72 Å². The third-order valence-corrected chi connectivity index (χ3v) is 4.98. The summed E-state index contributed by atoms with van der Waals surface area (Å²) in [7, 11) is -4.26. The molecular formula is C12H18F2N2O3S. The van der Waals surface area contributed by atoms with Crippen LogP contribution in [0.15, 0.2) is 17.0 Å². The van der Waals surface area contributed by atoms with Crippen LogP contribution < -0.4 is 10.5 Å². The number of nitrogens with one attached hydrogen (secondary N) is 1. The van der Waals surface area contributed by atoms with Gasteiger partial charge in [0.25, 0.3) is 0 Å². The van der Waals surface area contributed by atoms with Gasteiger partial charge in [-0.1, -0.05) is 13.8 Å². The second kappa shape index (κ2) is 6.02. The summed E-state index contributed by atoms with van der Waals surface area (Å²) in [4.78, 5) is -0.740. The van der Waals surface area contributed by atoms with Gasteiger partial charge in [0.2, 0.25) is 10.0 Å². The molecule has 0 bridgehead atoms. The highest BCUT2D eigenvalue weighted by Crippen LogP contribution is 2.25. The molecule has 0 atom stereocenters. The van der Waals surface area contributed by atoms with Crippen molar-refractivity contribution in [2.75, 3.05) is 12.3 Å². The molecule has 0 spiro atoms. The number of aliphatic hydroxyl groups is 1. The van der Waals surface area contributed by atoms with Crippen LogP contribution in [0.1, 0.15) is 26.7 Å². The molecule has 0 aliphatic carbocycles. The van der Waals surface area contributed by atoms with Crippen molar-refractivity contribution < 1.29 is 22.3 Å². The summed E-state index contributed by atoms with van der Waals surface area (Å²) in [6, 6.07) is 1.59. The summed E-state index contributed by atoms with van der Waals surface area (Å²) >= 11 is 0. The maximum atomic E-state index is 13.8. The van der Waals surface area contributed by atoms with Gasteiger partial charge in [0.15, 0.2) is 5.82 Å². The van der Waals surface area contributed by atoms with Gasteiger partial charge in [0.1, 0.15) is 16.4 Å². The van der Waals surface area contributed by atoms with Crippen molar-refractivity contribution in [2.24, 2.45) is 0 Å². The summed E-state index contributed by atoms with van der Waals surface area (Å²) in [5.74, 6) is -2.36. The van der Waals surface area contributed by atoms with Crippen molar-refractivity contribution in [3.05, 3.63) is 23.8 Å². The van der Waals surface area contributed by atoms with Crippen molar-refractivity contribution in [3.8, 4) is 0 Å². The second-order valence-corrected chi connectivity index (χ2v) is 6.18. The predicted molar refractivity (Wildman–Crippen MR) is 71.5 cm³/mol. The summed E-state index contributed by atoms with van der Waals surface area (Å²) in [5, 5.41) is 9.35. The van der Waals surface area contributed by atoms with E-state index in [1.807, 2.05) is 0 Å². The SMILES string of the molecule is CCC(CC)(CO)NS(=O)(=O)c1ccc(F)c(N)c1F. The van der Waals surface area contributed by atoms with E-state index in [1.54, 1.807) is 13.8 Å². The first kappa shape index (κ1) is 16.8. The highest BCUT2D eigenvalue weighted by atomic mass is 32.2. The van der Waals surface area contributed by atoms with Gasteiger partial charge >= 0.3 is 0 Å². The Balaban J connectivity index is 3.28. The molecule has 0 saturated heterocycles. The van der Waals surface area contributed by atoms with Crippen LogP contribution in [0, 0.1) is 11.6 Å². The molecule has 1 aromatic carbocycles.